The molecule has 5 aromatic carbocycles. The third-order valence-electron chi connectivity index (χ3n) is 4.90. The first-order valence-corrected chi connectivity index (χ1v) is 9.19. The smallest absolute Gasteiger partial charge is 0.501 e. The van der Waals surface area contributed by atoms with E-state index in [0.29, 0.717) is 11.5 Å². The Hall–Kier alpha value is -3.07. The van der Waals surface area contributed by atoms with Crippen LogP contribution in [-0.2, 0) is 0 Å². The number of fused-ring (bicyclic) bond motifs is 4. The van der Waals surface area contributed by atoms with Crippen molar-refractivity contribution < 1.29 is 14.3 Å². The molecule has 0 aliphatic heterocycles. The first-order chi connectivity index (χ1) is 13.8. The van der Waals surface area contributed by atoms with Crippen LogP contribution in [0.3, 0.4) is 0 Å². The number of hydrogen-bond acceptors (Lipinski definition) is 3. The van der Waals surface area contributed by atoms with Crippen LogP contribution in [0.15, 0.2) is 97.1 Å². The van der Waals surface area contributed by atoms with Gasteiger partial charge in [0.25, 0.3) is 0 Å². The Morgan fingerprint density at radius 2 is 1.24 bits per heavy atom. The standard InChI is InChI=1S/C24H17BO3.H3P/c26-25(27-21-10-2-1-3-11-21)28-23-12-6-9-17-13-14-20-15-18-7-4-5-8-19(18)16-22(20)24(17)23;/h1-16,26H;1H3. The van der Waals surface area contributed by atoms with Gasteiger partial charge < -0.3 is 14.3 Å². The molecule has 0 aliphatic rings. The molecule has 0 heterocycles. The summed E-state index contributed by atoms with van der Waals surface area (Å²) < 4.78 is 11.3. The molecule has 142 valence electrons. The number of rotatable bonds is 4. The molecule has 5 aromatic rings. The molecular weight excluding hydrogens is 378 g/mol. The molecule has 0 fully saturated rings. The van der Waals surface area contributed by atoms with Crippen molar-refractivity contribution in [3.63, 3.8) is 0 Å². The van der Waals surface area contributed by atoms with Crippen molar-refractivity contribution in [2.45, 2.75) is 0 Å². The summed E-state index contributed by atoms with van der Waals surface area (Å²) >= 11 is 0. The third-order valence-corrected chi connectivity index (χ3v) is 4.90. The van der Waals surface area contributed by atoms with Crippen molar-refractivity contribution in [1.82, 2.24) is 0 Å². The number of para-hydroxylation sites is 1. The van der Waals surface area contributed by atoms with Gasteiger partial charge in [-0.2, -0.15) is 9.90 Å². The lowest BCUT2D eigenvalue weighted by atomic mass is 9.97. The maximum absolute atomic E-state index is 10.3. The average Bonchev–Trinajstić information content (AvgIpc) is 2.73. The second-order valence-corrected chi connectivity index (χ2v) is 6.70. The van der Waals surface area contributed by atoms with Crippen LogP contribution in [0.1, 0.15) is 0 Å². The van der Waals surface area contributed by atoms with Crippen molar-refractivity contribution in [3.05, 3.63) is 97.1 Å². The molecular formula is C24H20BO3P. The largest absolute Gasteiger partial charge is 0.785 e. The van der Waals surface area contributed by atoms with Crippen LogP contribution >= 0.6 is 9.90 Å². The van der Waals surface area contributed by atoms with E-state index < -0.39 is 7.32 Å². The quantitative estimate of drug-likeness (QED) is 0.184. The van der Waals surface area contributed by atoms with Crippen LogP contribution < -0.4 is 9.31 Å². The normalized spacial score (nSPS) is 10.7. The summed E-state index contributed by atoms with van der Waals surface area (Å²) in [6.07, 6.45) is 0. The van der Waals surface area contributed by atoms with Gasteiger partial charge in [-0.25, -0.2) is 0 Å². The molecule has 0 saturated heterocycles. The molecule has 0 amide bonds. The summed E-state index contributed by atoms with van der Waals surface area (Å²) in [7, 11) is -1.40. The van der Waals surface area contributed by atoms with Crippen molar-refractivity contribution in [2.24, 2.45) is 0 Å². The van der Waals surface area contributed by atoms with Gasteiger partial charge in [-0.05, 0) is 57.3 Å². The Kier molecular flexibility index (Phi) is 5.39. The van der Waals surface area contributed by atoms with Crippen LogP contribution in [0.5, 0.6) is 11.5 Å². The highest BCUT2D eigenvalue weighted by atomic mass is 31.0. The summed E-state index contributed by atoms with van der Waals surface area (Å²) in [6.45, 7) is 0. The Bertz CT molecular complexity index is 1290. The molecule has 0 bridgehead atoms. The highest BCUT2D eigenvalue weighted by Crippen LogP contribution is 2.35. The first kappa shape index (κ1) is 19.3. The van der Waals surface area contributed by atoms with E-state index in [0.717, 1.165) is 21.5 Å². The van der Waals surface area contributed by atoms with E-state index in [-0.39, 0.29) is 9.90 Å². The molecule has 5 heteroatoms. The molecule has 3 nitrogen and oxygen atoms in total. The molecule has 1 unspecified atom stereocenters. The lowest BCUT2D eigenvalue weighted by Gasteiger charge is -2.14. The van der Waals surface area contributed by atoms with Gasteiger partial charge in [-0.15, -0.1) is 0 Å². The molecule has 0 spiro atoms. The average molecular weight is 398 g/mol. The maximum atomic E-state index is 10.3. The summed E-state index contributed by atoms with van der Waals surface area (Å²) in [6, 6.07) is 31.8. The number of hydrogen-bond donors (Lipinski definition) is 1. The zero-order valence-electron chi connectivity index (χ0n) is 15.8. The molecule has 29 heavy (non-hydrogen) atoms. The van der Waals surface area contributed by atoms with E-state index in [1.165, 1.54) is 10.8 Å². The highest BCUT2D eigenvalue weighted by Gasteiger charge is 2.22. The Labute approximate surface area is 172 Å². The molecule has 1 atom stereocenters. The minimum Gasteiger partial charge on any atom is -0.501 e. The topological polar surface area (TPSA) is 38.7 Å². The monoisotopic (exact) mass is 398 g/mol. The van der Waals surface area contributed by atoms with Gasteiger partial charge in [0.15, 0.2) is 0 Å². The molecule has 0 aliphatic carbocycles. The van der Waals surface area contributed by atoms with Gasteiger partial charge in [-0.1, -0.05) is 66.7 Å². The zero-order chi connectivity index (χ0) is 18.9. The van der Waals surface area contributed by atoms with Gasteiger partial charge in [0.1, 0.15) is 11.5 Å². The van der Waals surface area contributed by atoms with Crippen LogP contribution in [0.4, 0.5) is 0 Å². The minimum atomic E-state index is -1.40. The third kappa shape index (κ3) is 3.78. The Morgan fingerprint density at radius 1 is 0.586 bits per heavy atom. The summed E-state index contributed by atoms with van der Waals surface area (Å²) in [5.74, 6) is 1.13. The van der Waals surface area contributed by atoms with E-state index in [9.17, 15) is 5.02 Å². The van der Waals surface area contributed by atoms with Crippen molar-refractivity contribution in [3.8, 4) is 11.5 Å². The van der Waals surface area contributed by atoms with Crippen molar-refractivity contribution >= 4 is 49.5 Å². The molecule has 1 N–H and O–H groups in total. The van der Waals surface area contributed by atoms with Crippen molar-refractivity contribution in [1.29, 1.82) is 0 Å². The second kappa shape index (κ2) is 8.12. The fourth-order valence-electron chi connectivity index (χ4n) is 3.61. The van der Waals surface area contributed by atoms with Gasteiger partial charge in [0, 0.05) is 5.39 Å². The van der Waals surface area contributed by atoms with Crippen LogP contribution in [0.2, 0.25) is 0 Å². The van der Waals surface area contributed by atoms with Crippen molar-refractivity contribution in [2.75, 3.05) is 0 Å². The number of benzene rings is 5. The van der Waals surface area contributed by atoms with Gasteiger partial charge >= 0.3 is 7.32 Å². The van der Waals surface area contributed by atoms with E-state index >= 15 is 0 Å². The van der Waals surface area contributed by atoms with E-state index in [4.69, 9.17) is 9.31 Å². The van der Waals surface area contributed by atoms with Crippen LogP contribution in [0.25, 0.3) is 32.3 Å². The fraction of sp³-hybridized carbons (Fsp3) is 0. The van der Waals surface area contributed by atoms with E-state index in [1.54, 1.807) is 12.1 Å². The Morgan fingerprint density at radius 3 is 2.03 bits per heavy atom. The first-order valence-electron chi connectivity index (χ1n) is 9.19. The molecule has 0 aromatic heterocycles. The lowest BCUT2D eigenvalue weighted by Crippen LogP contribution is -2.29. The second-order valence-electron chi connectivity index (χ2n) is 6.70. The molecule has 0 saturated carbocycles. The zero-order valence-corrected chi connectivity index (χ0v) is 17.2. The molecule has 5 rings (SSSR count). The predicted molar refractivity (Wildman–Crippen MR) is 126 cm³/mol. The van der Waals surface area contributed by atoms with Crippen LogP contribution in [0, 0.1) is 0 Å². The van der Waals surface area contributed by atoms with E-state index in [1.807, 2.05) is 48.5 Å². The van der Waals surface area contributed by atoms with E-state index in [2.05, 4.69) is 36.4 Å². The fourth-order valence-corrected chi connectivity index (χ4v) is 3.61. The predicted octanol–water partition coefficient (Wildman–Crippen LogP) is 5.64. The SMILES string of the molecule is OB(Oc1ccccc1)Oc1cccc2ccc3cc4ccccc4cc3c12.P. The van der Waals surface area contributed by atoms with Gasteiger partial charge in [0.05, 0.1) is 0 Å². The van der Waals surface area contributed by atoms with Gasteiger partial charge in [-0.3, -0.25) is 0 Å². The summed E-state index contributed by atoms with van der Waals surface area (Å²) in [5, 5.41) is 16.9. The minimum absolute atomic E-state index is 0. The summed E-state index contributed by atoms with van der Waals surface area (Å²) in [4.78, 5) is 0. The maximum Gasteiger partial charge on any atom is 0.785 e. The highest BCUT2D eigenvalue weighted by molar-refractivity contribution is 6.92. The van der Waals surface area contributed by atoms with Gasteiger partial charge in [0.2, 0.25) is 0 Å². The lowest BCUT2D eigenvalue weighted by molar-refractivity contribution is 0.299. The van der Waals surface area contributed by atoms with Crippen LogP contribution in [-0.4, -0.2) is 12.3 Å². The summed E-state index contributed by atoms with van der Waals surface area (Å²) in [5.41, 5.74) is 0. The Balaban J connectivity index is 0.00000205. The molecule has 0 radical (unpaired) electrons.